The Kier molecular flexibility index (Phi) is 5.61. The summed E-state index contributed by atoms with van der Waals surface area (Å²) in [6.45, 7) is 0.551. The molecule has 10 heteroatoms. The number of amides is 1. The molecule has 2 heterocycles. The van der Waals surface area contributed by atoms with Crippen LogP contribution in [0.2, 0.25) is 0 Å². The van der Waals surface area contributed by atoms with Gasteiger partial charge in [0.1, 0.15) is 0 Å². The second kappa shape index (κ2) is 8.19. The fourth-order valence-corrected chi connectivity index (χ4v) is 5.34. The Bertz CT molecular complexity index is 1070. The van der Waals surface area contributed by atoms with Crippen LogP contribution >= 0.6 is 0 Å². The van der Waals surface area contributed by atoms with E-state index in [0.717, 1.165) is 24.8 Å². The number of carbonyl (C=O) groups excluding carboxylic acids is 2. The minimum Gasteiger partial charge on any atom is -0.452 e. The smallest absolute Gasteiger partial charge is 0.341 e. The van der Waals surface area contributed by atoms with Crippen LogP contribution in [0.25, 0.3) is 0 Å². The van der Waals surface area contributed by atoms with E-state index in [-0.39, 0.29) is 44.3 Å². The predicted octanol–water partition coefficient (Wildman–Crippen LogP) is 0.599. The number of benzene rings is 1. The van der Waals surface area contributed by atoms with E-state index < -0.39 is 16.0 Å². The van der Waals surface area contributed by atoms with Crippen molar-refractivity contribution >= 4 is 21.9 Å². The highest BCUT2D eigenvalue weighted by molar-refractivity contribution is 7.89. The lowest BCUT2D eigenvalue weighted by molar-refractivity contribution is -0.135. The summed E-state index contributed by atoms with van der Waals surface area (Å²) in [6, 6.07) is 5.37. The number of esters is 1. The fraction of sp³-hybridized carbons (Fsp3) is 0.450. The zero-order chi connectivity index (χ0) is 21.3. The molecule has 1 aromatic carbocycles. The first-order valence-electron chi connectivity index (χ1n) is 9.90. The number of carbonyl (C=O) groups is 2. The van der Waals surface area contributed by atoms with Crippen molar-refractivity contribution < 1.29 is 22.7 Å². The Balaban J connectivity index is 1.32. The van der Waals surface area contributed by atoms with Gasteiger partial charge in [-0.25, -0.2) is 13.2 Å². The Hall–Kier alpha value is -2.72. The molecule has 2 aliphatic rings. The second-order valence-electron chi connectivity index (χ2n) is 7.55. The van der Waals surface area contributed by atoms with Gasteiger partial charge in [-0.3, -0.25) is 9.48 Å². The van der Waals surface area contributed by atoms with Gasteiger partial charge in [0.05, 0.1) is 16.7 Å². The van der Waals surface area contributed by atoms with Gasteiger partial charge in [0.2, 0.25) is 10.0 Å². The molecule has 1 aliphatic heterocycles. The molecule has 0 radical (unpaired) electrons. The quantitative estimate of drug-likeness (QED) is 0.641. The number of aryl methyl sites for hydroxylation is 3. The van der Waals surface area contributed by atoms with E-state index >= 15 is 0 Å². The number of hydrogen-bond donors (Lipinski definition) is 0. The van der Waals surface area contributed by atoms with Crippen LogP contribution in [-0.2, 0) is 39.4 Å². The van der Waals surface area contributed by atoms with Crippen LogP contribution in [0.15, 0.2) is 35.5 Å². The van der Waals surface area contributed by atoms with Gasteiger partial charge in [0.15, 0.2) is 6.61 Å². The number of rotatable bonds is 5. The van der Waals surface area contributed by atoms with Crippen molar-refractivity contribution in [3.05, 3.63) is 47.3 Å². The molecule has 9 nitrogen and oxygen atoms in total. The molecule has 1 aliphatic carbocycles. The zero-order valence-corrected chi connectivity index (χ0v) is 17.6. The van der Waals surface area contributed by atoms with E-state index in [1.807, 2.05) is 6.07 Å². The molecule has 0 unspecified atom stereocenters. The molecule has 0 N–H and O–H groups in total. The summed E-state index contributed by atoms with van der Waals surface area (Å²) >= 11 is 0. The lowest BCUT2D eigenvalue weighted by Gasteiger charge is -2.34. The summed E-state index contributed by atoms with van der Waals surface area (Å²) in [5.41, 5.74) is 2.61. The molecule has 4 rings (SSSR count). The SMILES string of the molecule is Cn1cc(C(=O)OCC(=O)N2CCN(S(=O)(=O)c3ccc4c(c3)CCC4)CC2)cn1. The highest BCUT2D eigenvalue weighted by Gasteiger charge is 2.31. The molecule has 2 aromatic rings. The summed E-state index contributed by atoms with van der Waals surface area (Å²) in [6.07, 6.45) is 5.86. The number of aromatic nitrogens is 2. The van der Waals surface area contributed by atoms with Crippen molar-refractivity contribution in [3.8, 4) is 0 Å². The fourth-order valence-electron chi connectivity index (χ4n) is 3.86. The van der Waals surface area contributed by atoms with E-state index in [1.54, 1.807) is 19.2 Å². The van der Waals surface area contributed by atoms with Crippen LogP contribution < -0.4 is 0 Å². The second-order valence-corrected chi connectivity index (χ2v) is 9.49. The molecule has 0 saturated carbocycles. The van der Waals surface area contributed by atoms with Crippen LogP contribution in [0.5, 0.6) is 0 Å². The van der Waals surface area contributed by atoms with Crippen LogP contribution in [-0.4, -0.2) is 72.1 Å². The first-order chi connectivity index (χ1) is 14.3. The highest BCUT2D eigenvalue weighted by Crippen LogP contribution is 2.26. The van der Waals surface area contributed by atoms with Crippen molar-refractivity contribution in [1.82, 2.24) is 19.0 Å². The zero-order valence-electron chi connectivity index (χ0n) is 16.8. The van der Waals surface area contributed by atoms with E-state index in [0.29, 0.717) is 4.90 Å². The molecule has 0 spiro atoms. The van der Waals surface area contributed by atoms with Crippen molar-refractivity contribution in [1.29, 1.82) is 0 Å². The van der Waals surface area contributed by atoms with E-state index in [4.69, 9.17) is 4.74 Å². The van der Waals surface area contributed by atoms with Crippen molar-refractivity contribution in [3.63, 3.8) is 0 Å². The molecule has 0 atom stereocenters. The molecule has 1 fully saturated rings. The number of hydrogen-bond acceptors (Lipinski definition) is 6. The Morgan fingerprint density at radius 3 is 2.53 bits per heavy atom. The van der Waals surface area contributed by atoms with Crippen LogP contribution in [0.1, 0.15) is 27.9 Å². The number of ether oxygens (including phenoxy) is 1. The molecule has 0 bridgehead atoms. The van der Waals surface area contributed by atoms with Crippen molar-refractivity contribution in [2.45, 2.75) is 24.2 Å². The van der Waals surface area contributed by atoms with Gasteiger partial charge in [0.25, 0.3) is 5.91 Å². The number of nitrogens with zero attached hydrogens (tertiary/aromatic N) is 4. The summed E-state index contributed by atoms with van der Waals surface area (Å²) in [4.78, 5) is 26.1. The normalized spacial score (nSPS) is 17.0. The molecule has 1 amide bonds. The first-order valence-corrected chi connectivity index (χ1v) is 11.3. The summed E-state index contributed by atoms with van der Waals surface area (Å²) in [7, 11) is -1.91. The lowest BCUT2D eigenvalue weighted by Crippen LogP contribution is -2.51. The maximum absolute atomic E-state index is 13.0. The van der Waals surface area contributed by atoms with Crippen molar-refractivity contribution in [2.75, 3.05) is 32.8 Å². The minimum atomic E-state index is -3.59. The maximum Gasteiger partial charge on any atom is 0.341 e. The topological polar surface area (TPSA) is 102 Å². The van der Waals surface area contributed by atoms with Gasteiger partial charge in [-0.1, -0.05) is 6.07 Å². The Morgan fingerprint density at radius 2 is 1.83 bits per heavy atom. The molecule has 30 heavy (non-hydrogen) atoms. The predicted molar refractivity (Wildman–Crippen MR) is 107 cm³/mol. The monoisotopic (exact) mass is 432 g/mol. The standard InChI is InChI=1S/C20H24N4O5S/c1-22-13-17(12-21-22)20(26)29-14-19(25)23-7-9-24(10-8-23)30(27,28)18-6-5-15-3-2-4-16(15)11-18/h5-6,11-13H,2-4,7-10,14H2,1H3. The van der Waals surface area contributed by atoms with Gasteiger partial charge < -0.3 is 9.64 Å². The summed E-state index contributed by atoms with van der Waals surface area (Å²) in [5, 5.41) is 3.89. The van der Waals surface area contributed by atoms with E-state index in [2.05, 4.69) is 5.10 Å². The van der Waals surface area contributed by atoms with E-state index in [9.17, 15) is 18.0 Å². The Morgan fingerprint density at radius 1 is 1.10 bits per heavy atom. The van der Waals surface area contributed by atoms with Crippen LogP contribution in [0, 0.1) is 0 Å². The van der Waals surface area contributed by atoms with Crippen LogP contribution in [0.3, 0.4) is 0 Å². The number of sulfonamides is 1. The number of fused-ring (bicyclic) bond motifs is 1. The molecule has 1 aromatic heterocycles. The first kappa shape index (κ1) is 20.5. The van der Waals surface area contributed by atoms with Crippen molar-refractivity contribution in [2.24, 2.45) is 7.05 Å². The summed E-state index contributed by atoms with van der Waals surface area (Å²) < 4.78 is 33.9. The molecular weight excluding hydrogens is 408 g/mol. The molecular formula is C20H24N4O5S. The van der Waals surface area contributed by atoms with Gasteiger partial charge >= 0.3 is 5.97 Å². The molecule has 1 saturated heterocycles. The Labute approximate surface area is 175 Å². The number of piperazine rings is 1. The van der Waals surface area contributed by atoms with E-state index in [1.165, 1.54) is 31.8 Å². The average molecular weight is 433 g/mol. The van der Waals surface area contributed by atoms with Gasteiger partial charge in [-0.15, -0.1) is 0 Å². The third-order valence-corrected chi connectivity index (χ3v) is 7.46. The lowest BCUT2D eigenvalue weighted by atomic mass is 10.1. The molecule has 160 valence electrons. The van der Waals surface area contributed by atoms with Gasteiger partial charge in [-0.2, -0.15) is 9.40 Å². The van der Waals surface area contributed by atoms with Crippen LogP contribution in [0.4, 0.5) is 0 Å². The highest BCUT2D eigenvalue weighted by atomic mass is 32.2. The third-order valence-electron chi connectivity index (χ3n) is 5.57. The van der Waals surface area contributed by atoms with Gasteiger partial charge in [-0.05, 0) is 42.5 Å². The van der Waals surface area contributed by atoms with Gasteiger partial charge in [0, 0.05) is 39.4 Å². The summed E-state index contributed by atoms with van der Waals surface area (Å²) in [5.74, 6) is -0.962. The third kappa shape index (κ3) is 4.10. The largest absolute Gasteiger partial charge is 0.452 e. The maximum atomic E-state index is 13.0. The average Bonchev–Trinajstić information content (AvgIpc) is 3.40. The minimum absolute atomic E-state index is 0.210.